The fraction of sp³-hybridized carbons (Fsp3) is 0.417. The van der Waals surface area contributed by atoms with Gasteiger partial charge in [-0.1, -0.05) is 22.8 Å². The predicted octanol–water partition coefficient (Wildman–Crippen LogP) is 0.390. The van der Waals surface area contributed by atoms with Gasteiger partial charge in [-0.15, -0.1) is 0 Å². The predicted molar refractivity (Wildman–Crippen MR) is 70.3 cm³/mol. The maximum absolute atomic E-state index is 9.58. The molecule has 0 aliphatic heterocycles. The van der Waals surface area contributed by atoms with Crippen molar-refractivity contribution in [3.8, 4) is 5.69 Å². The summed E-state index contributed by atoms with van der Waals surface area (Å²) in [6.07, 6.45) is -0.604. The lowest BCUT2D eigenvalue weighted by Crippen LogP contribution is -2.25. The molecule has 0 saturated carbocycles. The van der Waals surface area contributed by atoms with E-state index in [0.29, 0.717) is 12.5 Å². The third kappa shape index (κ3) is 3.49. The number of aliphatic hydroxyl groups excluding tert-OH is 1. The molecule has 19 heavy (non-hydrogen) atoms. The summed E-state index contributed by atoms with van der Waals surface area (Å²) < 4.78 is 6.44. The van der Waals surface area contributed by atoms with Crippen LogP contribution >= 0.6 is 0 Å². The van der Waals surface area contributed by atoms with Crippen molar-refractivity contribution in [2.24, 2.45) is 0 Å². The molecule has 0 aliphatic carbocycles. The fourth-order valence-corrected chi connectivity index (χ4v) is 1.62. The van der Waals surface area contributed by atoms with Gasteiger partial charge in [0.25, 0.3) is 0 Å². The molecule has 0 unspecified atom stereocenters. The molecule has 2 N–H and O–H groups in total. The summed E-state index contributed by atoms with van der Waals surface area (Å²) >= 11 is 0. The highest BCUT2D eigenvalue weighted by molar-refractivity contribution is 5.39. The molecule has 0 radical (unpaired) electrons. The van der Waals surface area contributed by atoms with E-state index in [2.05, 4.69) is 20.8 Å². The topological polar surface area (TPSA) is 85.1 Å². The fourth-order valence-electron chi connectivity index (χ4n) is 1.62. The second-order valence-corrected chi connectivity index (χ2v) is 4.24. The Morgan fingerprint density at radius 2 is 2.11 bits per heavy atom. The molecular formula is C12H17N5O2. The number of aliphatic hydroxyl groups is 1. The van der Waals surface area contributed by atoms with Crippen LogP contribution in [0.15, 0.2) is 24.3 Å². The zero-order valence-electron chi connectivity index (χ0n) is 10.9. The third-order valence-corrected chi connectivity index (χ3v) is 2.60. The first-order valence-corrected chi connectivity index (χ1v) is 5.97. The number of methoxy groups -OCH3 is 1. The number of tetrazole rings is 1. The number of rotatable bonds is 6. The van der Waals surface area contributed by atoms with E-state index in [-0.39, 0.29) is 6.61 Å². The molecule has 0 amide bonds. The molecule has 2 rings (SSSR count). The van der Waals surface area contributed by atoms with E-state index in [1.54, 1.807) is 11.8 Å². The Morgan fingerprint density at radius 1 is 1.37 bits per heavy atom. The van der Waals surface area contributed by atoms with Crippen LogP contribution in [-0.2, 0) is 4.74 Å². The highest BCUT2D eigenvalue weighted by Gasteiger charge is 2.10. The van der Waals surface area contributed by atoms with Crippen LogP contribution in [0.25, 0.3) is 5.69 Å². The summed E-state index contributed by atoms with van der Waals surface area (Å²) in [5.41, 5.74) is 2.03. The van der Waals surface area contributed by atoms with E-state index >= 15 is 0 Å². The number of anilines is 1. The number of aromatic nitrogens is 4. The van der Waals surface area contributed by atoms with Crippen LogP contribution in [0.3, 0.4) is 0 Å². The monoisotopic (exact) mass is 263 g/mol. The van der Waals surface area contributed by atoms with Crippen LogP contribution in [0, 0.1) is 6.92 Å². The van der Waals surface area contributed by atoms with Gasteiger partial charge in [-0.2, -0.15) is 4.68 Å². The van der Waals surface area contributed by atoms with Crippen molar-refractivity contribution in [3.05, 3.63) is 29.8 Å². The summed E-state index contributed by atoms with van der Waals surface area (Å²) in [4.78, 5) is 0. The van der Waals surface area contributed by atoms with E-state index < -0.39 is 6.10 Å². The third-order valence-electron chi connectivity index (χ3n) is 2.60. The Morgan fingerprint density at radius 3 is 2.79 bits per heavy atom. The molecule has 0 aliphatic rings. The van der Waals surface area contributed by atoms with E-state index in [9.17, 15) is 5.11 Å². The number of benzene rings is 1. The van der Waals surface area contributed by atoms with Crippen molar-refractivity contribution in [2.45, 2.75) is 13.0 Å². The first kappa shape index (κ1) is 13.4. The Balaban J connectivity index is 2.07. The number of nitrogens with one attached hydrogen (secondary N) is 1. The molecule has 0 bridgehead atoms. The lowest BCUT2D eigenvalue weighted by Gasteiger charge is -2.11. The lowest BCUT2D eigenvalue weighted by molar-refractivity contribution is 0.0726. The van der Waals surface area contributed by atoms with Crippen LogP contribution in [0.5, 0.6) is 0 Å². The van der Waals surface area contributed by atoms with Crippen LogP contribution in [-0.4, -0.2) is 51.7 Å². The maximum Gasteiger partial charge on any atom is 0.247 e. The van der Waals surface area contributed by atoms with Crippen molar-refractivity contribution < 1.29 is 9.84 Å². The summed E-state index contributed by atoms with van der Waals surface area (Å²) in [5, 5.41) is 24.0. The number of aryl methyl sites for hydroxylation is 1. The van der Waals surface area contributed by atoms with Gasteiger partial charge in [-0.05, 0) is 29.5 Å². The molecule has 102 valence electrons. The largest absolute Gasteiger partial charge is 0.389 e. The minimum Gasteiger partial charge on any atom is -0.389 e. The van der Waals surface area contributed by atoms with Crippen molar-refractivity contribution >= 4 is 5.95 Å². The lowest BCUT2D eigenvalue weighted by atomic mass is 10.2. The maximum atomic E-state index is 9.58. The molecule has 1 atom stereocenters. The molecule has 1 aromatic heterocycles. The minimum absolute atomic E-state index is 0.263. The van der Waals surface area contributed by atoms with Gasteiger partial charge in [0.15, 0.2) is 0 Å². The first-order valence-electron chi connectivity index (χ1n) is 5.97. The minimum atomic E-state index is -0.604. The van der Waals surface area contributed by atoms with E-state index in [0.717, 1.165) is 5.69 Å². The molecule has 7 nitrogen and oxygen atoms in total. The second-order valence-electron chi connectivity index (χ2n) is 4.24. The molecule has 0 spiro atoms. The van der Waals surface area contributed by atoms with Gasteiger partial charge >= 0.3 is 0 Å². The Bertz CT molecular complexity index is 511. The van der Waals surface area contributed by atoms with Gasteiger partial charge in [0.1, 0.15) is 0 Å². The van der Waals surface area contributed by atoms with Crippen LogP contribution in [0.1, 0.15) is 5.56 Å². The van der Waals surface area contributed by atoms with Crippen LogP contribution in [0.2, 0.25) is 0 Å². The number of hydrogen-bond acceptors (Lipinski definition) is 6. The summed E-state index contributed by atoms with van der Waals surface area (Å²) in [7, 11) is 1.54. The summed E-state index contributed by atoms with van der Waals surface area (Å²) in [5.74, 6) is 0.485. The van der Waals surface area contributed by atoms with Crippen molar-refractivity contribution in [1.82, 2.24) is 20.2 Å². The summed E-state index contributed by atoms with van der Waals surface area (Å²) in [6.45, 7) is 2.60. The highest BCUT2D eigenvalue weighted by Crippen LogP contribution is 2.12. The van der Waals surface area contributed by atoms with Crippen molar-refractivity contribution in [3.63, 3.8) is 0 Å². The SMILES string of the molecule is COC[C@H](O)CNc1nnnn1-c1ccc(C)cc1. The van der Waals surface area contributed by atoms with Gasteiger partial charge < -0.3 is 15.2 Å². The number of hydrogen-bond donors (Lipinski definition) is 2. The van der Waals surface area contributed by atoms with Gasteiger partial charge in [-0.25, -0.2) is 0 Å². The number of nitrogens with zero attached hydrogens (tertiary/aromatic N) is 4. The molecule has 2 aromatic rings. The van der Waals surface area contributed by atoms with Crippen LogP contribution < -0.4 is 5.32 Å². The number of ether oxygens (including phenoxy) is 1. The van der Waals surface area contributed by atoms with E-state index in [1.165, 1.54) is 5.56 Å². The Labute approximate surface area is 111 Å². The molecular weight excluding hydrogens is 246 g/mol. The zero-order valence-corrected chi connectivity index (χ0v) is 10.9. The van der Waals surface area contributed by atoms with E-state index in [4.69, 9.17) is 4.74 Å². The van der Waals surface area contributed by atoms with Crippen molar-refractivity contribution in [2.75, 3.05) is 25.6 Å². The first-order chi connectivity index (χ1) is 9.20. The average Bonchev–Trinajstić information content (AvgIpc) is 2.86. The smallest absolute Gasteiger partial charge is 0.247 e. The van der Waals surface area contributed by atoms with Gasteiger partial charge in [0, 0.05) is 13.7 Å². The second kappa shape index (κ2) is 6.26. The van der Waals surface area contributed by atoms with E-state index in [1.807, 2.05) is 31.2 Å². The Kier molecular flexibility index (Phi) is 4.43. The normalized spacial score (nSPS) is 12.4. The average molecular weight is 263 g/mol. The van der Waals surface area contributed by atoms with Gasteiger partial charge in [0.2, 0.25) is 5.95 Å². The highest BCUT2D eigenvalue weighted by atomic mass is 16.5. The molecule has 0 fully saturated rings. The molecule has 1 heterocycles. The Hall–Kier alpha value is -1.99. The van der Waals surface area contributed by atoms with Gasteiger partial charge in [0.05, 0.1) is 18.4 Å². The molecule has 7 heteroatoms. The van der Waals surface area contributed by atoms with Gasteiger partial charge in [-0.3, -0.25) is 0 Å². The summed E-state index contributed by atoms with van der Waals surface area (Å²) in [6, 6.07) is 7.84. The van der Waals surface area contributed by atoms with Crippen LogP contribution in [0.4, 0.5) is 5.95 Å². The van der Waals surface area contributed by atoms with Crippen molar-refractivity contribution in [1.29, 1.82) is 0 Å². The molecule has 0 saturated heterocycles. The zero-order chi connectivity index (χ0) is 13.7. The standard InChI is InChI=1S/C12H17N5O2/c1-9-3-5-10(6-4-9)17-12(14-15-16-17)13-7-11(18)8-19-2/h3-6,11,18H,7-8H2,1-2H3,(H,13,14,16)/t11-/m1/s1. The quantitative estimate of drug-likeness (QED) is 0.784. The molecule has 1 aromatic carbocycles.